The first-order chi connectivity index (χ1) is 22.3. The molecule has 8 saturated carbocycles. The molecule has 0 heterocycles. The van der Waals surface area contributed by atoms with Crippen LogP contribution in [0.15, 0.2) is 48.5 Å². The van der Waals surface area contributed by atoms with Crippen molar-refractivity contribution in [2.75, 3.05) is 11.5 Å². The number of rotatable bonds is 6. The van der Waals surface area contributed by atoms with Crippen LogP contribution in [0.25, 0.3) is 0 Å². The third-order valence-corrected chi connectivity index (χ3v) is 13.0. The average Bonchev–Trinajstić information content (AvgIpc) is 3.01. The monoisotopic (exact) mass is 610 g/mol. The Hall–Kier alpha value is -4.16. The van der Waals surface area contributed by atoms with Crippen molar-refractivity contribution in [3.05, 3.63) is 70.8 Å². The molecule has 0 aromatic heterocycles. The van der Waals surface area contributed by atoms with Crippen molar-refractivity contribution in [3.8, 4) is 35.1 Å². The fraction of sp³-hybridized carbons (Fsp3) is 0.500. The van der Waals surface area contributed by atoms with Crippen molar-refractivity contribution in [2.45, 2.75) is 87.9 Å². The molecule has 8 bridgehead atoms. The first kappa shape index (κ1) is 28.1. The van der Waals surface area contributed by atoms with Gasteiger partial charge in [-0.3, -0.25) is 0 Å². The zero-order valence-corrected chi connectivity index (χ0v) is 26.4. The maximum Gasteiger partial charge on any atom is 0.145 e. The SMILES string of the molecule is N#Cc1cc(N)ccc1Oc1cc(Oc2ccc(N)cc2C#N)c(C23CC4CC(CC(C4)C2)C3)cc1C12CC3CC(CC(C3)C1)C2. The first-order valence-electron chi connectivity index (χ1n) is 17.4. The van der Waals surface area contributed by atoms with Crippen LogP contribution in [-0.2, 0) is 10.8 Å². The van der Waals surface area contributed by atoms with Crippen LogP contribution in [0.4, 0.5) is 11.4 Å². The van der Waals surface area contributed by atoms with Gasteiger partial charge in [0.05, 0.1) is 11.1 Å². The van der Waals surface area contributed by atoms with Crippen molar-refractivity contribution in [1.29, 1.82) is 10.5 Å². The molecule has 46 heavy (non-hydrogen) atoms. The van der Waals surface area contributed by atoms with Gasteiger partial charge in [-0.15, -0.1) is 0 Å². The normalized spacial score (nSPS) is 34.7. The molecular weight excluding hydrogens is 568 g/mol. The Kier molecular flexibility index (Phi) is 6.21. The zero-order chi connectivity index (χ0) is 31.2. The van der Waals surface area contributed by atoms with Crippen LogP contribution in [0, 0.1) is 58.2 Å². The highest BCUT2D eigenvalue weighted by molar-refractivity contribution is 5.60. The van der Waals surface area contributed by atoms with E-state index in [4.69, 9.17) is 20.9 Å². The van der Waals surface area contributed by atoms with Gasteiger partial charge in [-0.2, -0.15) is 10.5 Å². The van der Waals surface area contributed by atoms with Gasteiger partial charge in [0.25, 0.3) is 0 Å². The molecule has 11 rings (SSSR count). The van der Waals surface area contributed by atoms with Crippen molar-refractivity contribution >= 4 is 11.4 Å². The van der Waals surface area contributed by atoms with Crippen LogP contribution < -0.4 is 20.9 Å². The first-order valence-corrected chi connectivity index (χ1v) is 17.4. The van der Waals surface area contributed by atoms with Crippen LogP contribution in [0.5, 0.6) is 23.0 Å². The third kappa shape index (κ3) is 4.48. The Bertz CT molecular complexity index is 1630. The summed E-state index contributed by atoms with van der Waals surface area (Å²) in [4.78, 5) is 0. The average molecular weight is 611 g/mol. The summed E-state index contributed by atoms with van der Waals surface area (Å²) in [5, 5.41) is 20.1. The molecule has 6 nitrogen and oxygen atoms in total. The predicted octanol–water partition coefficient (Wildman–Crippen LogP) is 9.11. The molecule has 234 valence electrons. The quantitative estimate of drug-likeness (QED) is 0.269. The lowest BCUT2D eigenvalue weighted by atomic mass is 9.46. The molecule has 0 atom stereocenters. The molecule has 8 fully saturated rings. The van der Waals surface area contributed by atoms with Gasteiger partial charge >= 0.3 is 0 Å². The summed E-state index contributed by atoms with van der Waals surface area (Å²) in [5.74, 6) is 7.24. The molecule has 8 aliphatic carbocycles. The number of ether oxygens (including phenoxy) is 2. The summed E-state index contributed by atoms with van der Waals surface area (Å²) >= 11 is 0. The van der Waals surface area contributed by atoms with Gasteiger partial charge in [0, 0.05) is 28.6 Å². The van der Waals surface area contributed by atoms with Crippen LogP contribution in [0.1, 0.15) is 99.3 Å². The highest BCUT2D eigenvalue weighted by Gasteiger charge is 2.55. The van der Waals surface area contributed by atoms with E-state index in [2.05, 4.69) is 24.3 Å². The summed E-state index contributed by atoms with van der Waals surface area (Å²) in [6, 6.07) is 19.9. The van der Waals surface area contributed by atoms with Gasteiger partial charge in [0.2, 0.25) is 0 Å². The molecule has 0 unspecified atom stereocenters. The van der Waals surface area contributed by atoms with Crippen LogP contribution in [0.3, 0.4) is 0 Å². The minimum Gasteiger partial charge on any atom is -0.456 e. The molecule has 4 N–H and O–H groups in total. The van der Waals surface area contributed by atoms with E-state index < -0.39 is 0 Å². The Morgan fingerprint density at radius 2 is 0.848 bits per heavy atom. The van der Waals surface area contributed by atoms with E-state index >= 15 is 0 Å². The lowest BCUT2D eigenvalue weighted by Gasteiger charge is -2.58. The number of nitriles is 2. The number of nitrogen functional groups attached to an aromatic ring is 2. The number of nitrogens with zero attached hydrogens (tertiary/aromatic N) is 2. The van der Waals surface area contributed by atoms with Crippen LogP contribution >= 0.6 is 0 Å². The lowest BCUT2D eigenvalue weighted by molar-refractivity contribution is -0.00937. The van der Waals surface area contributed by atoms with E-state index in [0.717, 1.165) is 47.0 Å². The standard InChI is InChI=1S/C40H42N4O2/c41-21-29-11-31(43)1-3-35(29)45-37-14-38(46-36-4-2-32(44)12-30(36)22-42)34(40-18-26-8-27(19-40)10-28(9-26)20-40)13-33(37)39-15-23-5-24(16-39)7-25(6-23)17-39/h1-4,11-14,23-28H,5-10,15-20,43-44H2. The largest absolute Gasteiger partial charge is 0.456 e. The minimum absolute atomic E-state index is 0.0687. The maximum atomic E-state index is 10.0. The summed E-state index contributed by atoms with van der Waals surface area (Å²) in [5.41, 5.74) is 16.8. The van der Waals surface area contributed by atoms with E-state index in [0.29, 0.717) is 34.0 Å². The zero-order valence-electron chi connectivity index (χ0n) is 26.4. The Balaban J connectivity index is 1.25. The smallest absolute Gasteiger partial charge is 0.145 e. The minimum atomic E-state index is 0.0687. The number of benzene rings is 3. The van der Waals surface area contributed by atoms with Gasteiger partial charge in [-0.25, -0.2) is 0 Å². The van der Waals surface area contributed by atoms with E-state index in [-0.39, 0.29) is 10.8 Å². The van der Waals surface area contributed by atoms with Crippen molar-refractivity contribution in [3.63, 3.8) is 0 Å². The molecule has 8 aliphatic rings. The Morgan fingerprint density at radius 3 is 1.17 bits per heavy atom. The molecule has 3 aromatic carbocycles. The van der Waals surface area contributed by atoms with Crippen LogP contribution in [0.2, 0.25) is 0 Å². The number of hydrogen-bond donors (Lipinski definition) is 2. The second kappa shape index (κ2) is 10.2. The van der Waals surface area contributed by atoms with Gasteiger partial charge in [-0.05, 0) is 166 Å². The van der Waals surface area contributed by atoms with E-state index in [1.165, 1.54) is 88.2 Å². The molecular formula is C40H42N4O2. The fourth-order valence-corrected chi connectivity index (χ4v) is 12.1. The summed E-state index contributed by atoms with van der Waals surface area (Å²) in [6.07, 6.45) is 15.4. The van der Waals surface area contributed by atoms with Gasteiger partial charge in [0.15, 0.2) is 0 Å². The molecule has 0 saturated heterocycles. The lowest BCUT2D eigenvalue weighted by Crippen LogP contribution is -2.50. The molecule has 0 radical (unpaired) electrons. The predicted molar refractivity (Wildman–Crippen MR) is 177 cm³/mol. The highest BCUT2D eigenvalue weighted by Crippen LogP contribution is 2.66. The van der Waals surface area contributed by atoms with E-state index in [1.54, 1.807) is 24.3 Å². The van der Waals surface area contributed by atoms with Crippen LogP contribution in [-0.4, -0.2) is 0 Å². The maximum absolute atomic E-state index is 10.0. The molecule has 0 amide bonds. The molecule has 6 heteroatoms. The second-order valence-electron chi connectivity index (χ2n) is 16.2. The van der Waals surface area contributed by atoms with E-state index in [9.17, 15) is 10.5 Å². The van der Waals surface area contributed by atoms with Gasteiger partial charge in [0.1, 0.15) is 35.1 Å². The summed E-state index contributed by atoms with van der Waals surface area (Å²) in [6.45, 7) is 0. The van der Waals surface area contributed by atoms with Gasteiger partial charge < -0.3 is 20.9 Å². The second-order valence-corrected chi connectivity index (χ2v) is 16.2. The molecule has 0 spiro atoms. The summed E-state index contributed by atoms with van der Waals surface area (Å²) < 4.78 is 13.7. The topological polar surface area (TPSA) is 118 Å². The van der Waals surface area contributed by atoms with E-state index in [1.807, 2.05) is 12.1 Å². The van der Waals surface area contributed by atoms with Crippen molar-refractivity contribution in [1.82, 2.24) is 0 Å². The number of nitrogens with two attached hydrogens (primary N) is 2. The number of anilines is 2. The van der Waals surface area contributed by atoms with Gasteiger partial charge in [-0.1, -0.05) is 0 Å². The Labute approximate surface area is 271 Å². The van der Waals surface area contributed by atoms with Crippen molar-refractivity contribution < 1.29 is 9.47 Å². The molecule has 0 aliphatic heterocycles. The highest BCUT2D eigenvalue weighted by atomic mass is 16.5. The Morgan fingerprint density at radius 1 is 0.500 bits per heavy atom. The molecule has 3 aromatic rings. The van der Waals surface area contributed by atoms with Crippen molar-refractivity contribution in [2.24, 2.45) is 35.5 Å². The fourth-order valence-electron chi connectivity index (χ4n) is 12.1. The number of hydrogen-bond acceptors (Lipinski definition) is 6. The summed E-state index contributed by atoms with van der Waals surface area (Å²) in [7, 11) is 0. The third-order valence-electron chi connectivity index (χ3n) is 13.0.